The lowest BCUT2D eigenvalue weighted by atomic mass is 9.98. The summed E-state index contributed by atoms with van der Waals surface area (Å²) < 4.78 is 10.5. The first-order valence-corrected chi connectivity index (χ1v) is 7.12. The van der Waals surface area contributed by atoms with Crippen LogP contribution < -0.4 is 5.32 Å². The first-order valence-electron chi connectivity index (χ1n) is 7.12. The number of hydrogen-bond donors (Lipinski definition) is 1. The van der Waals surface area contributed by atoms with Crippen LogP contribution in [0.4, 0.5) is 4.79 Å². The number of nitrogens with zero attached hydrogens (tertiary/aromatic N) is 1. The summed E-state index contributed by atoms with van der Waals surface area (Å²) in [5.41, 5.74) is -0.610. The highest BCUT2D eigenvalue weighted by Gasteiger charge is 2.30. The zero-order chi connectivity index (χ0) is 16.0. The van der Waals surface area contributed by atoms with Gasteiger partial charge in [-0.1, -0.05) is 0 Å². The second kappa shape index (κ2) is 7.61. The van der Waals surface area contributed by atoms with Crippen LogP contribution in [0.25, 0.3) is 0 Å². The van der Waals surface area contributed by atoms with Gasteiger partial charge in [0.05, 0.1) is 7.11 Å². The van der Waals surface area contributed by atoms with Crippen molar-refractivity contribution < 1.29 is 23.9 Å². The Hall–Kier alpha value is -1.34. The SMILES string of the molecule is CON(C)C(=O)C(CC1CCOC1)NC(=O)OC(C)(C)C. The van der Waals surface area contributed by atoms with E-state index in [0.29, 0.717) is 19.6 Å². The standard InChI is InChI=1S/C14H26N2O5/c1-14(2,3)21-13(18)15-11(12(17)16(4)19-5)8-10-6-7-20-9-10/h10-11H,6-9H2,1-5H3,(H,15,18). The molecule has 0 aromatic rings. The molecule has 7 heteroatoms. The van der Waals surface area contributed by atoms with Gasteiger partial charge in [0.2, 0.25) is 0 Å². The molecule has 21 heavy (non-hydrogen) atoms. The summed E-state index contributed by atoms with van der Waals surface area (Å²) in [6.45, 7) is 6.62. The molecule has 1 fully saturated rings. The minimum absolute atomic E-state index is 0.249. The Labute approximate surface area is 125 Å². The number of alkyl carbamates (subject to hydrolysis) is 1. The van der Waals surface area contributed by atoms with Crippen molar-refractivity contribution in [3.05, 3.63) is 0 Å². The molecule has 0 saturated carbocycles. The van der Waals surface area contributed by atoms with Crippen LogP contribution in [0.2, 0.25) is 0 Å². The highest BCUT2D eigenvalue weighted by Crippen LogP contribution is 2.19. The second-order valence-electron chi connectivity index (χ2n) is 6.18. The molecule has 2 unspecified atom stereocenters. The molecule has 0 radical (unpaired) electrons. The third-order valence-electron chi connectivity index (χ3n) is 3.17. The minimum Gasteiger partial charge on any atom is -0.444 e. The first-order chi connectivity index (χ1) is 9.73. The number of carbonyl (C=O) groups is 2. The monoisotopic (exact) mass is 302 g/mol. The number of amides is 2. The zero-order valence-corrected chi connectivity index (χ0v) is 13.5. The van der Waals surface area contributed by atoms with Gasteiger partial charge in [0.15, 0.2) is 0 Å². The summed E-state index contributed by atoms with van der Waals surface area (Å²) in [4.78, 5) is 29.0. The molecule has 1 rings (SSSR count). The van der Waals surface area contributed by atoms with Gasteiger partial charge in [0.25, 0.3) is 5.91 Å². The number of carbonyl (C=O) groups excluding carboxylic acids is 2. The van der Waals surface area contributed by atoms with E-state index in [1.807, 2.05) is 0 Å². The molecule has 7 nitrogen and oxygen atoms in total. The van der Waals surface area contributed by atoms with E-state index in [0.717, 1.165) is 11.5 Å². The Morgan fingerprint density at radius 1 is 1.43 bits per heavy atom. The van der Waals surface area contributed by atoms with Crippen molar-refractivity contribution in [1.29, 1.82) is 0 Å². The largest absolute Gasteiger partial charge is 0.444 e. The first kappa shape index (κ1) is 17.7. The van der Waals surface area contributed by atoms with Gasteiger partial charge >= 0.3 is 6.09 Å². The number of likely N-dealkylation sites (N-methyl/N-ethyl adjacent to an activating group) is 1. The van der Waals surface area contributed by atoms with Gasteiger partial charge in [-0.15, -0.1) is 0 Å². The van der Waals surface area contributed by atoms with E-state index in [1.165, 1.54) is 14.2 Å². The van der Waals surface area contributed by atoms with Crippen LogP contribution in [0, 0.1) is 5.92 Å². The number of nitrogens with one attached hydrogen (secondary N) is 1. The van der Waals surface area contributed by atoms with Crippen LogP contribution in [-0.4, -0.2) is 56.1 Å². The summed E-state index contributed by atoms with van der Waals surface area (Å²) in [5.74, 6) is -0.0607. The molecule has 2 amide bonds. The highest BCUT2D eigenvalue weighted by atomic mass is 16.7. The lowest BCUT2D eigenvalue weighted by molar-refractivity contribution is -0.171. The predicted octanol–water partition coefficient (Wildman–Crippen LogP) is 1.33. The van der Waals surface area contributed by atoms with Crippen molar-refractivity contribution in [3.8, 4) is 0 Å². The van der Waals surface area contributed by atoms with Crippen molar-refractivity contribution in [1.82, 2.24) is 10.4 Å². The van der Waals surface area contributed by atoms with Gasteiger partial charge < -0.3 is 14.8 Å². The van der Waals surface area contributed by atoms with Crippen molar-refractivity contribution in [2.45, 2.75) is 45.3 Å². The maximum Gasteiger partial charge on any atom is 0.408 e. The number of rotatable bonds is 5. The van der Waals surface area contributed by atoms with Crippen molar-refractivity contribution in [2.24, 2.45) is 5.92 Å². The fourth-order valence-electron chi connectivity index (χ4n) is 2.08. The molecule has 0 aromatic heterocycles. The van der Waals surface area contributed by atoms with E-state index < -0.39 is 17.7 Å². The van der Waals surface area contributed by atoms with Crippen molar-refractivity contribution in [2.75, 3.05) is 27.4 Å². The Morgan fingerprint density at radius 2 is 2.10 bits per heavy atom. The molecule has 0 bridgehead atoms. The summed E-state index contributed by atoms with van der Waals surface area (Å²) in [5, 5.41) is 3.74. The van der Waals surface area contributed by atoms with Crippen LogP contribution in [0.15, 0.2) is 0 Å². The van der Waals surface area contributed by atoms with Crippen molar-refractivity contribution in [3.63, 3.8) is 0 Å². The summed E-state index contributed by atoms with van der Waals surface area (Å²) >= 11 is 0. The maximum atomic E-state index is 12.3. The zero-order valence-electron chi connectivity index (χ0n) is 13.5. The van der Waals surface area contributed by atoms with E-state index >= 15 is 0 Å². The maximum absolute atomic E-state index is 12.3. The summed E-state index contributed by atoms with van der Waals surface area (Å²) in [6.07, 6.45) is 0.784. The number of ether oxygens (including phenoxy) is 2. The van der Waals surface area contributed by atoms with Gasteiger partial charge in [0, 0.05) is 20.3 Å². The Bertz CT molecular complexity index is 361. The lowest BCUT2D eigenvalue weighted by Gasteiger charge is -2.26. The van der Waals surface area contributed by atoms with E-state index in [2.05, 4.69) is 5.32 Å². The lowest BCUT2D eigenvalue weighted by Crippen LogP contribution is -2.49. The van der Waals surface area contributed by atoms with Gasteiger partial charge in [-0.05, 0) is 39.5 Å². The Balaban J connectivity index is 2.66. The van der Waals surface area contributed by atoms with E-state index in [1.54, 1.807) is 20.8 Å². The molecule has 0 spiro atoms. The minimum atomic E-state index is -0.684. The average molecular weight is 302 g/mol. The average Bonchev–Trinajstić information content (AvgIpc) is 2.86. The van der Waals surface area contributed by atoms with Gasteiger partial charge in [0.1, 0.15) is 11.6 Å². The Kier molecular flexibility index (Phi) is 6.42. The van der Waals surface area contributed by atoms with Crippen LogP contribution in [0.1, 0.15) is 33.6 Å². The molecule has 0 aliphatic carbocycles. The Morgan fingerprint density at radius 3 is 2.57 bits per heavy atom. The smallest absolute Gasteiger partial charge is 0.408 e. The van der Waals surface area contributed by atoms with E-state index in [9.17, 15) is 9.59 Å². The molecular weight excluding hydrogens is 276 g/mol. The van der Waals surface area contributed by atoms with Crippen LogP contribution >= 0.6 is 0 Å². The van der Waals surface area contributed by atoms with Crippen LogP contribution in [0.3, 0.4) is 0 Å². The van der Waals surface area contributed by atoms with Crippen LogP contribution in [0.5, 0.6) is 0 Å². The molecule has 122 valence electrons. The molecule has 1 N–H and O–H groups in total. The number of hydroxylamine groups is 2. The number of hydrogen-bond acceptors (Lipinski definition) is 5. The quantitative estimate of drug-likeness (QED) is 0.775. The third-order valence-corrected chi connectivity index (χ3v) is 3.17. The molecule has 0 aromatic carbocycles. The molecule has 1 saturated heterocycles. The molecule has 1 heterocycles. The fourth-order valence-corrected chi connectivity index (χ4v) is 2.08. The molecule has 2 atom stereocenters. The molecule has 1 aliphatic rings. The predicted molar refractivity (Wildman–Crippen MR) is 76.5 cm³/mol. The molecular formula is C14H26N2O5. The summed E-state index contributed by atoms with van der Waals surface area (Å²) in [7, 11) is 2.92. The summed E-state index contributed by atoms with van der Waals surface area (Å²) in [6, 6.07) is -0.684. The van der Waals surface area contributed by atoms with Gasteiger partial charge in [-0.2, -0.15) is 0 Å². The second-order valence-corrected chi connectivity index (χ2v) is 6.18. The van der Waals surface area contributed by atoms with E-state index in [-0.39, 0.29) is 11.8 Å². The van der Waals surface area contributed by atoms with E-state index in [4.69, 9.17) is 14.3 Å². The fraction of sp³-hybridized carbons (Fsp3) is 0.857. The van der Waals surface area contributed by atoms with Gasteiger partial charge in [-0.3, -0.25) is 9.63 Å². The van der Waals surface area contributed by atoms with Crippen molar-refractivity contribution >= 4 is 12.0 Å². The molecule has 1 aliphatic heterocycles. The van der Waals surface area contributed by atoms with Crippen LogP contribution in [-0.2, 0) is 19.1 Å². The normalized spacial score (nSPS) is 20.0. The van der Waals surface area contributed by atoms with Gasteiger partial charge in [-0.25, -0.2) is 9.86 Å². The topological polar surface area (TPSA) is 77.1 Å². The third kappa shape index (κ3) is 6.31. The highest BCUT2D eigenvalue weighted by molar-refractivity contribution is 5.84.